The summed E-state index contributed by atoms with van der Waals surface area (Å²) in [6.45, 7) is 7.62. The predicted octanol–water partition coefficient (Wildman–Crippen LogP) is 5.52. The van der Waals surface area contributed by atoms with Crippen LogP contribution in [0.5, 0.6) is 0 Å². The van der Waals surface area contributed by atoms with E-state index in [-0.39, 0.29) is 24.8 Å². The van der Waals surface area contributed by atoms with E-state index in [9.17, 15) is 9.59 Å². The summed E-state index contributed by atoms with van der Waals surface area (Å²) < 4.78 is 0. The zero-order valence-electron chi connectivity index (χ0n) is 16.9. The molecule has 156 valence electrons. The van der Waals surface area contributed by atoms with Crippen LogP contribution in [0.3, 0.4) is 0 Å². The highest BCUT2D eigenvalue weighted by atomic mass is 35.5. The molecule has 1 N–H and O–H groups in total. The van der Waals surface area contributed by atoms with E-state index in [1.165, 1.54) is 4.90 Å². The summed E-state index contributed by atoms with van der Waals surface area (Å²) in [5, 5.41) is 4.28. The average molecular weight is 456 g/mol. The third-order valence-corrected chi connectivity index (χ3v) is 5.41. The van der Waals surface area contributed by atoms with Gasteiger partial charge in [0, 0.05) is 17.1 Å². The van der Waals surface area contributed by atoms with Crippen LogP contribution in [-0.2, 0) is 22.6 Å². The van der Waals surface area contributed by atoms with Gasteiger partial charge in [-0.1, -0.05) is 59.1 Å². The van der Waals surface area contributed by atoms with Gasteiger partial charge in [0.05, 0.1) is 16.5 Å². The molecule has 2 amide bonds. The van der Waals surface area contributed by atoms with Crippen LogP contribution in [-0.4, -0.2) is 28.3 Å². The van der Waals surface area contributed by atoms with Gasteiger partial charge in [0.1, 0.15) is 6.04 Å². The summed E-state index contributed by atoms with van der Waals surface area (Å²) >= 11 is 18.3. The lowest BCUT2D eigenvalue weighted by Crippen LogP contribution is -2.52. The van der Waals surface area contributed by atoms with Crippen LogP contribution in [0.2, 0.25) is 15.1 Å². The number of rotatable bonds is 6. The van der Waals surface area contributed by atoms with Crippen LogP contribution < -0.4 is 5.32 Å². The summed E-state index contributed by atoms with van der Waals surface area (Å²) in [5.41, 5.74) is 1.08. The van der Waals surface area contributed by atoms with Crippen molar-refractivity contribution in [1.82, 2.24) is 10.2 Å². The number of hydrogen-bond acceptors (Lipinski definition) is 2. The Morgan fingerprint density at radius 1 is 1.00 bits per heavy atom. The Kier molecular flexibility index (Phi) is 7.98. The zero-order valence-corrected chi connectivity index (χ0v) is 19.2. The van der Waals surface area contributed by atoms with Gasteiger partial charge in [0.25, 0.3) is 0 Å². The van der Waals surface area contributed by atoms with Gasteiger partial charge in [0.2, 0.25) is 11.8 Å². The fraction of sp³-hybridized carbons (Fsp3) is 0.364. The summed E-state index contributed by atoms with van der Waals surface area (Å²) in [6.07, 6.45) is 0.0917. The zero-order chi connectivity index (χ0) is 21.8. The van der Waals surface area contributed by atoms with E-state index < -0.39 is 11.6 Å². The van der Waals surface area contributed by atoms with Gasteiger partial charge < -0.3 is 10.2 Å². The molecular formula is C22H25Cl3N2O2. The van der Waals surface area contributed by atoms with Crippen molar-refractivity contribution in [3.8, 4) is 0 Å². The second-order valence-electron chi connectivity index (χ2n) is 7.95. The van der Waals surface area contributed by atoms with Crippen LogP contribution >= 0.6 is 34.8 Å². The lowest BCUT2D eigenvalue weighted by Gasteiger charge is -2.31. The molecular weight excluding hydrogens is 431 g/mol. The van der Waals surface area contributed by atoms with Crippen LogP contribution in [0.15, 0.2) is 42.5 Å². The Morgan fingerprint density at radius 2 is 1.66 bits per heavy atom. The maximum absolute atomic E-state index is 13.2. The third-order valence-electron chi connectivity index (χ3n) is 4.30. The molecule has 0 aliphatic rings. The smallest absolute Gasteiger partial charge is 0.242 e. The Hall–Kier alpha value is -1.75. The Balaban J connectivity index is 2.29. The van der Waals surface area contributed by atoms with Crippen molar-refractivity contribution < 1.29 is 9.59 Å². The first-order valence-corrected chi connectivity index (χ1v) is 10.4. The van der Waals surface area contributed by atoms with Gasteiger partial charge in [-0.2, -0.15) is 0 Å². The number of halogens is 3. The molecule has 4 nitrogen and oxygen atoms in total. The fourth-order valence-corrected chi connectivity index (χ4v) is 3.31. The Bertz CT molecular complexity index is 894. The lowest BCUT2D eigenvalue weighted by molar-refractivity contribution is -0.140. The molecule has 0 bridgehead atoms. The number of nitrogens with one attached hydrogen (secondary N) is 1. The van der Waals surface area contributed by atoms with Crippen molar-refractivity contribution in [3.63, 3.8) is 0 Å². The minimum absolute atomic E-state index is 0.0917. The Labute approximate surface area is 187 Å². The Morgan fingerprint density at radius 3 is 2.24 bits per heavy atom. The SMILES string of the molecule is CC(C(=O)NC(C)(C)C)N(Cc1ccccc1Cl)C(=O)Cc1ccc(Cl)c(Cl)c1. The number of hydrogen-bond donors (Lipinski definition) is 1. The molecule has 0 aromatic heterocycles. The number of nitrogens with zero attached hydrogens (tertiary/aromatic N) is 1. The molecule has 0 saturated heterocycles. The lowest BCUT2D eigenvalue weighted by atomic mass is 10.1. The average Bonchev–Trinajstić information content (AvgIpc) is 2.62. The molecule has 0 saturated carbocycles. The maximum atomic E-state index is 13.2. The monoisotopic (exact) mass is 454 g/mol. The molecule has 1 atom stereocenters. The number of carbonyl (C=O) groups is 2. The molecule has 2 rings (SSSR count). The molecule has 1 unspecified atom stereocenters. The molecule has 0 aliphatic heterocycles. The minimum Gasteiger partial charge on any atom is -0.350 e. The first-order valence-electron chi connectivity index (χ1n) is 9.27. The fourth-order valence-electron chi connectivity index (χ4n) is 2.79. The number of benzene rings is 2. The van der Waals surface area contributed by atoms with Crippen molar-refractivity contribution >= 4 is 46.6 Å². The molecule has 2 aromatic carbocycles. The van der Waals surface area contributed by atoms with E-state index in [1.54, 1.807) is 31.2 Å². The second kappa shape index (κ2) is 9.84. The van der Waals surface area contributed by atoms with Gasteiger partial charge >= 0.3 is 0 Å². The number of amides is 2. The molecule has 29 heavy (non-hydrogen) atoms. The van der Waals surface area contributed by atoms with Crippen LogP contribution in [0.4, 0.5) is 0 Å². The van der Waals surface area contributed by atoms with E-state index in [4.69, 9.17) is 34.8 Å². The third kappa shape index (κ3) is 6.91. The minimum atomic E-state index is -0.680. The van der Waals surface area contributed by atoms with Gasteiger partial charge in [-0.05, 0) is 57.0 Å². The van der Waals surface area contributed by atoms with E-state index >= 15 is 0 Å². The molecule has 2 aromatic rings. The van der Waals surface area contributed by atoms with Crippen LogP contribution in [0.25, 0.3) is 0 Å². The standard InChI is InChI=1S/C22H25Cl3N2O2/c1-14(21(29)26-22(2,3)4)27(13-16-7-5-6-8-17(16)23)20(28)12-15-9-10-18(24)19(25)11-15/h5-11,14H,12-13H2,1-4H3,(H,26,29). The van der Waals surface area contributed by atoms with Gasteiger partial charge in [0.15, 0.2) is 0 Å². The highest BCUT2D eigenvalue weighted by Gasteiger charge is 2.28. The van der Waals surface area contributed by atoms with E-state index in [0.717, 1.165) is 11.1 Å². The van der Waals surface area contributed by atoms with Gasteiger partial charge in [-0.3, -0.25) is 9.59 Å². The molecule has 0 radical (unpaired) electrons. The predicted molar refractivity (Wildman–Crippen MR) is 120 cm³/mol. The van der Waals surface area contributed by atoms with Crippen molar-refractivity contribution in [2.75, 3.05) is 0 Å². The second-order valence-corrected chi connectivity index (χ2v) is 9.18. The van der Waals surface area contributed by atoms with Crippen LogP contribution in [0, 0.1) is 0 Å². The highest BCUT2D eigenvalue weighted by Crippen LogP contribution is 2.24. The molecule has 7 heteroatoms. The summed E-state index contributed by atoms with van der Waals surface area (Å²) in [5.74, 6) is -0.438. The summed E-state index contributed by atoms with van der Waals surface area (Å²) in [7, 11) is 0. The normalized spacial score (nSPS) is 12.4. The van der Waals surface area contributed by atoms with Gasteiger partial charge in [-0.15, -0.1) is 0 Å². The van der Waals surface area contributed by atoms with E-state index in [0.29, 0.717) is 15.1 Å². The number of carbonyl (C=O) groups excluding carboxylic acids is 2. The first-order chi connectivity index (χ1) is 13.5. The first kappa shape index (κ1) is 23.5. The van der Waals surface area contributed by atoms with Crippen LogP contribution in [0.1, 0.15) is 38.8 Å². The van der Waals surface area contributed by atoms with Crippen molar-refractivity contribution in [3.05, 3.63) is 68.7 Å². The molecule has 0 heterocycles. The quantitative estimate of drug-likeness (QED) is 0.623. The molecule has 0 aliphatic carbocycles. The topological polar surface area (TPSA) is 49.4 Å². The summed E-state index contributed by atoms with van der Waals surface area (Å²) in [4.78, 5) is 27.4. The van der Waals surface area contributed by atoms with E-state index in [2.05, 4.69) is 5.32 Å². The molecule has 0 fully saturated rings. The van der Waals surface area contributed by atoms with Crippen molar-refractivity contribution in [2.45, 2.75) is 52.2 Å². The largest absolute Gasteiger partial charge is 0.350 e. The van der Waals surface area contributed by atoms with Crippen molar-refractivity contribution in [2.24, 2.45) is 0 Å². The van der Waals surface area contributed by atoms with Gasteiger partial charge in [-0.25, -0.2) is 0 Å². The van der Waals surface area contributed by atoms with E-state index in [1.807, 2.05) is 39.0 Å². The van der Waals surface area contributed by atoms with Crippen molar-refractivity contribution in [1.29, 1.82) is 0 Å². The highest BCUT2D eigenvalue weighted by molar-refractivity contribution is 6.42. The maximum Gasteiger partial charge on any atom is 0.242 e. The molecule has 0 spiro atoms. The summed E-state index contributed by atoms with van der Waals surface area (Å²) in [6, 6.07) is 11.7.